The second-order valence-corrected chi connectivity index (χ2v) is 4.55. The van der Waals surface area contributed by atoms with Gasteiger partial charge in [0.2, 0.25) is 0 Å². The number of ketones is 1. The zero-order valence-corrected chi connectivity index (χ0v) is 9.15. The molecule has 0 unspecified atom stereocenters. The molecule has 0 bridgehead atoms. The molecule has 0 amide bonds. The van der Waals surface area contributed by atoms with Gasteiger partial charge in [-0.05, 0) is 29.7 Å². The predicted octanol–water partition coefficient (Wildman–Crippen LogP) is 3.82. The molecule has 2 aromatic carbocycles. The normalized spacial score (nSPS) is 16.0. The van der Waals surface area contributed by atoms with Crippen LogP contribution in [0.2, 0.25) is 0 Å². The lowest BCUT2D eigenvalue weighted by Gasteiger charge is -2.23. The van der Waals surface area contributed by atoms with E-state index in [2.05, 4.69) is 12.1 Å². The lowest BCUT2D eigenvalue weighted by Crippen LogP contribution is -2.21. The summed E-state index contributed by atoms with van der Waals surface area (Å²) in [6, 6.07) is 14.2. The van der Waals surface area contributed by atoms with E-state index >= 15 is 0 Å². The van der Waals surface area contributed by atoms with Gasteiger partial charge in [-0.3, -0.25) is 4.79 Å². The molecule has 0 saturated heterocycles. The van der Waals surface area contributed by atoms with Crippen LogP contribution in [0.1, 0.15) is 29.6 Å². The van der Waals surface area contributed by atoms with Crippen molar-refractivity contribution in [1.82, 2.24) is 0 Å². The maximum atomic E-state index is 12.1. The Kier molecular flexibility index (Phi) is 2.24. The smallest absolute Gasteiger partial charge is 0.165 e. The van der Waals surface area contributed by atoms with Crippen LogP contribution in [0.4, 0.5) is 0 Å². The van der Waals surface area contributed by atoms with Gasteiger partial charge in [-0.25, -0.2) is 0 Å². The Labute approximate surface area is 95.1 Å². The van der Waals surface area contributed by atoms with Crippen molar-refractivity contribution >= 4 is 16.6 Å². The highest BCUT2D eigenvalue weighted by Gasteiger charge is 2.25. The number of rotatable bonds is 2. The molecular weight excluding hydrogens is 196 g/mol. The Hall–Kier alpha value is -1.63. The molecule has 1 aliphatic rings. The monoisotopic (exact) mass is 210 g/mol. The molecule has 3 rings (SSSR count). The van der Waals surface area contributed by atoms with E-state index in [1.165, 1.54) is 11.8 Å². The van der Waals surface area contributed by atoms with E-state index in [-0.39, 0.29) is 0 Å². The van der Waals surface area contributed by atoms with Gasteiger partial charge < -0.3 is 0 Å². The number of hydrogen-bond acceptors (Lipinski definition) is 1. The molecule has 0 atom stereocenters. The Balaban J connectivity index is 2.01. The first-order valence-electron chi connectivity index (χ1n) is 5.87. The summed E-state index contributed by atoms with van der Waals surface area (Å²) in [7, 11) is 0. The van der Waals surface area contributed by atoms with Gasteiger partial charge in [0.15, 0.2) is 5.78 Å². The quantitative estimate of drug-likeness (QED) is 0.688. The first-order valence-corrected chi connectivity index (χ1v) is 5.87. The molecular formula is C15H14O. The summed E-state index contributed by atoms with van der Waals surface area (Å²) in [5.41, 5.74) is 0.878. The fourth-order valence-electron chi connectivity index (χ4n) is 2.25. The number of carbonyl (C=O) groups excluding carboxylic acids is 1. The van der Waals surface area contributed by atoms with Gasteiger partial charge in [-0.2, -0.15) is 0 Å². The molecule has 16 heavy (non-hydrogen) atoms. The van der Waals surface area contributed by atoms with E-state index in [4.69, 9.17) is 0 Å². The third kappa shape index (κ3) is 1.53. The van der Waals surface area contributed by atoms with E-state index in [9.17, 15) is 4.79 Å². The standard InChI is InChI=1S/C15H14O/c16-15(12-6-3-7-12)14-9-8-11-4-1-2-5-13(11)10-14/h1-2,4-5,8-10,12H,3,6-7H2. The number of hydrogen-bond donors (Lipinski definition) is 0. The summed E-state index contributed by atoms with van der Waals surface area (Å²) < 4.78 is 0. The number of fused-ring (bicyclic) bond motifs is 1. The van der Waals surface area contributed by atoms with Crippen molar-refractivity contribution in [2.75, 3.05) is 0 Å². The van der Waals surface area contributed by atoms with Gasteiger partial charge >= 0.3 is 0 Å². The van der Waals surface area contributed by atoms with Crippen molar-refractivity contribution in [1.29, 1.82) is 0 Å². The van der Waals surface area contributed by atoms with Crippen LogP contribution in [-0.2, 0) is 0 Å². The van der Waals surface area contributed by atoms with E-state index in [1.807, 2.05) is 30.3 Å². The minimum atomic E-state index is 0.293. The zero-order valence-electron chi connectivity index (χ0n) is 9.15. The fourth-order valence-corrected chi connectivity index (χ4v) is 2.25. The molecule has 80 valence electrons. The molecule has 0 spiro atoms. The molecule has 1 aliphatic carbocycles. The summed E-state index contributed by atoms with van der Waals surface area (Å²) in [4.78, 5) is 12.1. The lowest BCUT2D eigenvalue weighted by molar-refractivity contribution is 0.0855. The first kappa shape index (κ1) is 9.59. The summed E-state index contributed by atoms with van der Waals surface area (Å²) in [6.07, 6.45) is 3.36. The minimum absolute atomic E-state index is 0.293. The maximum absolute atomic E-state index is 12.1. The van der Waals surface area contributed by atoms with Crippen molar-refractivity contribution in [3.63, 3.8) is 0 Å². The molecule has 0 heterocycles. The Morgan fingerprint density at radius 1 is 1.00 bits per heavy atom. The zero-order chi connectivity index (χ0) is 11.0. The maximum Gasteiger partial charge on any atom is 0.165 e. The topological polar surface area (TPSA) is 17.1 Å². The second-order valence-electron chi connectivity index (χ2n) is 4.55. The van der Waals surface area contributed by atoms with Crippen LogP contribution in [0.25, 0.3) is 10.8 Å². The molecule has 1 heteroatoms. The van der Waals surface area contributed by atoms with Crippen LogP contribution < -0.4 is 0 Å². The van der Waals surface area contributed by atoms with Crippen LogP contribution in [-0.4, -0.2) is 5.78 Å². The highest BCUT2D eigenvalue weighted by molar-refractivity contribution is 6.01. The summed E-state index contributed by atoms with van der Waals surface area (Å²) in [6.45, 7) is 0. The van der Waals surface area contributed by atoms with Crippen molar-refractivity contribution in [2.24, 2.45) is 5.92 Å². The average Bonchev–Trinajstić information content (AvgIpc) is 2.26. The Morgan fingerprint density at radius 2 is 1.75 bits per heavy atom. The molecule has 1 fully saturated rings. The first-order chi connectivity index (χ1) is 7.84. The Morgan fingerprint density at radius 3 is 2.44 bits per heavy atom. The number of benzene rings is 2. The molecule has 1 nitrogen and oxygen atoms in total. The highest BCUT2D eigenvalue weighted by atomic mass is 16.1. The fraction of sp³-hybridized carbons (Fsp3) is 0.267. The largest absolute Gasteiger partial charge is 0.294 e. The van der Waals surface area contributed by atoms with Gasteiger partial charge in [-0.15, -0.1) is 0 Å². The van der Waals surface area contributed by atoms with Gasteiger partial charge in [0.05, 0.1) is 0 Å². The molecule has 2 aromatic rings. The molecule has 1 saturated carbocycles. The third-order valence-corrected chi connectivity index (χ3v) is 3.51. The van der Waals surface area contributed by atoms with Gasteiger partial charge in [0, 0.05) is 11.5 Å². The van der Waals surface area contributed by atoms with Gasteiger partial charge in [-0.1, -0.05) is 42.8 Å². The predicted molar refractivity (Wildman–Crippen MR) is 65.6 cm³/mol. The summed E-state index contributed by atoms with van der Waals surface area (Å²) in [5.74, 6) is 0.623. The minimum Gasteiger partial charge on any atom is -0.294 e. The number of carbonyl (C=O) groups is 1. The summed E-state index contributed by atoms with van der Waals surface area (Å²) >= 11 is 0. The lowest BCUT2D eigenvalue weighted by atomic mass is 9.80. The average molecular weight is 210 g/mol. The molecule has 0 radical (unpaired) electrons. The van der Waals surface area contributed by atoms with E-state index < -0.39 is 0 Å². The van der Waals surface area contributed by atoms with Crippen molar-refractivity contribution < 1.29 is 4.79 Å². The SMILES string of the molecule is O=C(c1ccc2ccccc2c1)C1CCC1. The molecule has 0 N–H and O–H groups in total. The van der Waals surface area contributed by atoms with Crippen LogP contribution in [0, 0.1) is 5.92 Å². The summed E-state index contributed by atoms with van der Waals surface area (Å²) in [5, 5.41) is 2.36. The van der Waals surface area contributed by atoms with Crippen LogP contribution in [0.3, 0.4) is 0 Å². The van der Waals surface area contributed by atoms with Crippen molar-refractivity contribution in [3.05, 3.63) is 48.0 Å². The molecule has 0 aromatic heterocycles. The van der Waals surface area contributed by atoms with Gasteiger partial charge in [0.25, 0.3) is 0 Å². The van der Waals surface area contributed by atoms with Crippen molar-refractivity contribution in [2.45, 2.75) is 19.3 Å². The van der Waals surface area contributed by atoms with Crippen LogP contribution in [0.15, 0.2) is 42.5 Å². The van der Waals surface area contributed by atoms with Crippen molar-refractivity contribution in [3.8, 4) is 0 Å². The van der Waals surface area contributed by atoms with E-state index in [0.29, 0.717) is 11.7 Å². The Bertz CT molecular complexity index is 538. The van der Waals surface area contributed by atoms with Crippen LogP contribution >= 0.6 is 0 Å². The molecule has 0 aliphatic heterocycles. The van der Waals surface area contributed by atoms with E-state index in [0.717, 1.165) is 23.8 Å². The van der Waals surface area contributed by atoms with E-state index in [1.54, 1.807) is 0 Å². The third-order valence-electron chi connectivity index (χ3n) is 3.51. The highest BCUT2D eigenvalue weighted by Crippen LogP contribution is 2.30. The van der Waals surface area contributed by atoms with Crippen LogP contribution in [0.5, 0.6) is 0 Å². The second kappa shape index (κ2) is 3.75. The van der Waals surface area contributed by atoms with Gasteiger partial charge in [0.1, 0.15) is 0 Å². The number of Topliss-reactive ketones (excluding diaryl/α,β-unsaturated/α-hetero) is 1.